The number of aryl methyl sites for hydroxylation is 1. The van der Waals surface area contributed by atoms with Crippen molar-refractivity contribution in [2.24, 2.45) is 0 Å². The van der Waals surface area contributed by atoms with Crippen molar-refractivity contribution in [3.8, 4) is 0 Å². The Hall–Kier alpha value is -2.36. The molecule has 98 valence electrons. The first-order chi connectivity index (χ1) is 9.04. The van der Waals surface area contributed by atoms with E-state index in [1.807, 2.05) is 13.0 Å². The third-order valence-corrected chi connectivity index (χ3v) is 2.79. The number of nitrogens with one attached hydrogen (secondary N) is 1. The SMILES string of the molecule is Cc1ccc(F)cc1NC(=O)Cc1cccc(N)c1. The van der Waals surface area contributed by atoms with Gasteiger partial charge in [0.2, 0.25) is 5.91 Å². The molecule has 0 saturated carbocycles. The van der Waals surface area contributed by atoms with Crippen LogP contribution in [0, 0.1) is 12.7 Å². The smallest absolute Gasteiger partial charge is 0.228 e. The molecule has 0 heterocycles. The van der Waals surface area contributed by atoms with Gasteiger partial charge in [0, 0.05) is 11.4 Å². The minimum Gasteiger partial charge on any atom is -0.399 e. The number of hydrogen-bond acceptors (Lipinski definition) is 2. The monoisotopic (exact) mass is 258 g/mol. The summed E-state index contributed by atoms with van der Waals surface area (Å²) < 4.78 is 13.1. The molecule has 0 spiro atoms. The van der Waals surface area contributed by atoms with Crippen LogP contribution in [0.1, 0.15) is 11.1 Å². The highest BCUT2D eigenvalue weighted by molar-refractivity contribution is 5.93. The summed E-state index contributed by atoms with van der Waals surface area (Å²) in [4.78, 5) is 11.9. The molecule has 4 heteroatoms. The van der Waals surface area contributed by atoms with Crippen molar-refractivity contribution in [3.63, 3.8) is 0 Å². The molecule has 0 aromatic heterocycles. The fourth-order valence-corrected chi connectivity index (χ4v) is 1.81. The second-order valence-electron chi connectivity index (χ2n) is 4.43. The second-order valence-corrected chi connectivity index (χ2v) is 4.43. The third-order valence-electron chi connectivity index (χ3n) is 2.79. The van der Waals surface area contributed by atoms with E-state index in [0.717, 1.165) is 11.1 Å². The molecule has 2 aromatic rings. The van der Waals surface area contributed by atoms with Crippen LogP contribution in [0.5, 0.6) is 0 Å². The molecule has 0 fully saturated rings. The number of hydrogen-bond donors (Lipinski definition) is 2. The van der Waals surface area contributed by atoms with Crippen LogP contribution in [-0.2, 0) is 11.2 Å². The van der Waals surface area contributed by atoms with Crippen molar-refractivity contribution in [3.05, 3.63) is 59.4 Å². The lowest BCUT2D eigenvalue weighted by Gasteiger charge is -2.08. The Labute approximate surface area is 111 Å². The van der Waals surface area contributed by atoms with Gasteiger partial charge in [0.1, 0.15) is 5.82 Å². The van der Waals surface area contributed by atoms with E-state index in [2.05, 4.69) is 5.32 Å². The Morgan fingerprint density at radius 3 is 2.79 bits per heavy atom. The van der Waals surface area contributed by atoms with Crippen molar-refractivity contribution in [2.75, 3.05) is 11.1 Å². The molecule has 0 atom stereocenters. The lowest BCUT2D eigenvalue weighted by molar-refractivity contribution is -0.115. The van der Waals surface area contributed by atoms with Crippen LogP contribution in [0.25, 0.3) is 0 Å². The lowest BCUT2D eigenvalue weighted by atomic mass is 10.1. The Bertz CT molecular complexity index is 611. The first kappa shape index (κ1) is 13.1. The topological polar surface area (TPSA) is 55.1 Å². The second kappa shape index (κ2) is 5.52. The molecule has 19 heavy (non-hydrogen) atoms. The van der Waals surface area contributed by atoms with Crippen LogP contribution >= 0.6 is 0 Å². The van der Waals surface area contributed by atoms with Crippen molar-refractivity contribution >= 4 is 17.3 Å². The quantitative estimate of drug-likeness (QED) is 0.832. The number of benzene rings is 2. The maximum atomic E-state index is 13.1. The van der Waals surface area contributed by atoms with E-state index >= 15 is 0 Å². The van der Waals surface area contributed by atoms with Gasteiger partial charge >= 0.3 is 0 Å². The molecule has 2 aromatic carbocycles. The average molecular weight is 258 g/mol. The first-order valence-electron chi connectivity index (χ1n) is 5.95. The summed E-state index contributed by atoms with van der Waals surface area (Å²) in [7, 11) is 0. The molecule has 0 bridgehead atoms. The lowest BCUT2D eigenvalue weighted by Crippen LogP contribution is -2.15. The fraction of sp³-hybridized carbons (Fsp3) is 0.133. The molecule has 0 aliphatic carbocycles. The van der Waals surface area contributed by atoms with E-state index in [0.29, 0.717) is 11.4 Å². The maximum absolute atomic E-state index is 13.1. The number of rotatable bonds is 3. The number of amides is 1. The number of halogens is 1. The van der Waals surface area contributed by atoms with Crippen molar-refractivity contribution in [1.82, 2.24) is 0 Å². The van der Waals surface area contributed by atoms with Gasteiger partial charge in [-0.25, -0.2) is 4.39 Å². The minimum absolute atomic E-state index is 0.195. The molecular weight excluding hydrogens is 243 g/mol. The summed E-state index contributed by atoms with van der Waals surface area (Å²) in [6.07, 6.45) is 0.209. The van der Waals surface area contributed by atoms with Crippen LogP contribution in [0.2, 0.25) is 0 Å². The van der Waals surface area contributed by atoms with Crippen LogP contribution in [0.4, 0.5) is 15.8 Å². The van der Waals surface area contributed by atoms with Gasteiger partial charge in [-0.05, 0) is 42.3 Å². The van der Waals surface area contributed by atoms with Gasteiger partial charge in [-0.15, -0.1) is 0 Å². The van der Waals surface area contributed by atoms with E-state index in [-0.39, 0.29) is 18.1 Å². The average Bonchev–Trinajstić information content (AvgIpc) is 2.34. The van der Waals surface area contributed by atoms with Gasteiger partial charge in [0.05, 0.1) is 6.42 Å². The number of carbonyl (C=O) groups excluding carboxylic acids is 1. The Morgan fingerprint density at radius 1 is 1.26 bits per heavy atom. The molecule has 0 unspecified atom stereocenters. The van der Waals surface area contributed by atoms with E-state index in [9.17, 15) is 9.18 Å². The Kier molecular flexibility index (Phi) is 3.80. The minimum atomic E-state index is -0.371. The first-order valence-corrected chi connectivity index (χ1v) is 5.95. The zero-order chi connectivity index (χ0) is 13.8. The number of nitrogens with two attached hydrogens (primary N) is 1. The van der Waals surface area contributed by atoms with Crippen LogP contribution in [0.15, 0.2) is 42.5 Å². The maximum Gasteiger partial charge on any atom is 0.228 e. The normalized spacial score (nSPS) is 10.2. The van der Waals surface area contributed by atoms with Crippen molar-refractivity contribution < 1.29 is 9.18 Å². The van der Waals surface area contributed by atoms with Gasteiger partial charge in [0.25, 0.3) is 0 Å². The van der Waals surface area contributed by atoms with Crippen molar-refractivity contribution in [2.45, 2.75) is 13.3 Å². The van der Waals surface area contributed by atoms with Crippen LogP contribution in [0.3, 0.4) is 0 Å². The highest BCUT2D eigenvalue weighted by Gasteiger charge is 2.07. The molecule has 0 aliphatic rings. The zero-order valence-corrected chi connectivity index (χ0v) is 10.6. The standard InChI is InChI=1S/C15H15FN2O/c1-10-5-6-12(16)9-14(10)18-15(19)8-11-3-2-4-13(17)7-11/h2-7,9H,8,17H2,1H3,(H,18,19). The molecule has 0 aliphatic heterocycles. The van der Waals surface area contributed by atoms with E-state index in [4.69, 9.17) is 5.73 Å². The van der Waals surface area contributed by atoms with Crippen molar-refractivity contribution in [1.29, 1.82) is 0 Å². The highest BCUT2D eigenvalue weighted by Crippen LogP contribution is 2.16. The predicted molar refractivity (Wildman–Crippen MR) is 74.3 cm³/mol. The fourth-order valence-electron chi connectivity index (χ4n) is 1.81. The van der Waals surface area contributed by atoms with E-state index in [1.165, 1.54) is 12.1 Å². The van der Waals surface area contributed by atoms with Gasteiger partial charge in [-0.2, -0.15) is 0 Å². The zero-order valence-electron chi connectivity index (χ0n) is 10.6. The molecular formula is C15H15FN2O. The Balaban J connectivity index is 2.07. The van der Waals surface area contributed by atoms with Gasteiger partial charge < -0.3 is 11.1 Å². The molecule has 3 N–H and O–H groups in total. The van der Waals surface area contributed by atoms with Gasteiger partial charge in [-0.1, -0.05) is 18.2 Å². The summed E-state index contributed by atoms with van der Waals surface area (Å²) in [6.45, 7) is 1.82. The van der Waals surface area contributed by atoms with Gasteiger partial charge in [0.15, 0.2) is 0 Å². The Morgan fingerprint density at radius 2 is 2.05 bits per heavy atom. The van der Waals surface area contributed by atoms with Crippen LogP contribution in [-0.4, -0.2) is 5.91 Å². The number of anilines is 2. The largest absolute Gasteiger partial charge is 0.399 e. The summed E-state index contributed by atoms with van der Waals surface area (Å²) in [5, 5.41) is 2.70. The molecule has 3 nitrogen and oxygen atoms in total. The summed E-state index contributed by atoms with van der Waals surface area (Å²) in [5.74, 6) is -0.566. The summed E-state index contributed by atoms with van der Waals surface area (Å²) >= 11 is 0. The molecule has 1 amide bonds. The predicted octanol–water partition coefficient (Wildman–Crippen LogP) is 2.90. The molecule has 2 rings (SSSR count). The van der Waals surface area contributed by atoms with E-state index < -0.39 is 0 Å². The molecule has 0 saturated heterocycles. The summed E-state index contributed by atoms with van der Waals surface area (Å²) in [5.41, 5.74) is 8.41. The van der Waals surface area contributed by atoms with E-state index in [1.54, 1.807) is 24.3 Å². The molecule has 0 radical (unpaired) electrons. The number of carbonyl (C=O) groups is 1. The van der Waals surface area contributed by atoms with Crippen LogP contribution < -0.4 is 11.1 Å². The van der Waals surface area contributed by atoms with Gasteiger partial charge in [-0.3, -0.25) is 4.79 Å². The highest BCUT2D eigenvalue weighted by atomic mass is 19.1. The summed E-state index contributed by atoms with van der Waals surface area (Å²) in [6, 6.07) is 11.4. The number of nitrogen functional groups attached to an aromatic ring is 1. The third kappa shape index (κ3) is 3.55.